The lowest BCUT2D eigenvalue weighted by atomic mass is 10.1. The Morgan fingerprint density at radius 2 is 1.19 bits per heavy atom. The van der Waals surface area contributed by atoms with Crippen molar-refractivity contribution >= 4 is 5.97 Å². The fourth-order valence-electron chi connectivity index (χ4n) is 2.97. The highest BCUT2D eigenvalue weighted by Gasteiger charge is 2.14. The van der Waals surface area contributed by atoms with Crippen molar-refractivity contribution in [3.05, 3.63) is 12.2 Å². The van der Waals surface area contributed by atoms with Crippen LogP contribution in [-0.2, 0) is 9.53 Å². The molecule has 0 radical (unpaired) electrons. The standard InChI is InChI=1S/C23H46NO2/c1-5-6-7-8-9-10-11-12-13-14-15-16-17-18-19-20-21-26-23(25)22-24(2,3)4/h12-13H,5-11,14-22H2,1-4H3/q+1. The van der Waals surface area contributed by atoms with Crippen molar-refractivity contribution in [1.29, 1.82) is 0 Å². The van der Waals surface area contributed by atoms with E-state index in [1.807, 2.05) is 21.1 Å². The Morgan fingerprint density at radius 3 is 1.69 bits per heavy atom. The third kappa shape index (κ3) is 21.2. The Morgan fingerprint density at radius 1 is 0.731 bits per heavy atom. The van der Waals surface area contributed by atoms with Crippen molar-refractivity contribution in [3.8, 4) is 0 Å². The Balaban J connectivity index is 3.22. The molecule has 0 unspecified atom stereocenters. The highest BCUT2D eigenvalue weighted by Crippen LogP contribution is 2.10. The molecule has 0 amide bonds. The van der Waals surface area contributed by atoms with E-state index in [1.165, 1.54) is 83.5 Å². The van der Waals surface area contributed by atoms with Gasteiger partial charge in [0.05, 0.1) is 27.7 Å². The number of quaternary nitrogens is 1. The molecule has 0 atom stereocenters. The molecule has 3 nitrogen and oxygen atoms in total. The number of esters is 1. The molecule has 0 spiro atoms. The van der Waals surface area contributed by atoms with Gasteiger partial charge >= 0.3 is 5.97 Å². The number of likely N-dealkylation sites (N-methyl/N-ethyl adjacent to an activating group) is 1. The van der Waals surface area contributed by atoms with Gasteiger partial charge in [0.2, 0.25) is 0 Å². The van der Waals surface area contributed by atoms with Crippen LogP contribution >= 0.6 is 0 Å². The molecule has 26 heavy (non-hydrogen) atoms. The maximum absolute atomic E-state index is 11.6. The molecule has 0 aromatic rings. The smallest absolute Gasteiger partial charge is 0.361 e. The number of hydrogen-bond donors (Lipinski definition) is 0. The van der Waals surface area contributed by atoms with E-state index in [2.05, 4.69) is 19.1 Å². The third-order valence-electron chi connectivity index (χ3n) is 4.52. The fourth-order valence-corrected chi connectivity index (χ4v) is 2.97. The summed E-state index contributed by atoms with van der Waals surface area (Å²) in [5, 5.41) is 0. The van der Waals surface area contributed by atoms with E-state index in [4.69, 9.17) is 4.74 Å². The minimum absolute atomic E-state index is 0.0785. The number of unbranched alkanes of at least 4 members (excludes halogenated alkanes) is 12. The van der Waals surface area contributed by atoms with Crippen molar-refractivity contribution in [2.45, 2.75) is 96.8 Å². The molecule has 154 valence electrons. The Bertz CT molecular complexity index is 345. The van der Waals surface area contributed by atoms with E-state index in [-0.39, 0.29) is 5.97 Å². The van der Waals surface area contributed by atoms with E-state index in [0.717, 1.165) is 6.42 Å². The fraction of sp³-hybridized carbons (Fsp3) is 0.870. The van der Waals surface area contributed by atoms with Gasteiger partial charge in [0.15, 0.2) is 6.54 Å². The van der Waals surface area contributed by atoms with Crippen LogP contribution in [0.2, 0.25) is 0 Å². The molecule has 0 fully saturated rings. The second-order valence-corrected chi connectivity index (χ2v) is 8.61. The summed E-state index contributed by atoms with van der Waals surface area (Å²) in [5.41, 5.74) is 0. The van der Waals surface area contributed by atoms with Crippen molar-refractivity contribution in [1.82, 2.24) is 0 Å². The van der Waals surface area contributed by atoms with Gasteiger partial charge in [-0.2, -0.15) is 0 Å². The first-order valence-corrected chi connectivity index (χ1v) is 11.1. The molecule has 0 N–H and O–H groups in total. The number of rotatable bonds is 18. The number of hydrogen-bond acceptors (Lipinski definition) is 2. The molecule has 0 saturated heterocycles. The highest BCUT2D eigenvalue weighted by molar-refractivity contribution is 5.70. The predicted molar refractivity (Wildman–Crippen MR) is 113 cm³/mol. The van der Waals surface area contributed by atoms with Gasteiger partial charge < -0.3 is 9.22 Å². The molecule has 0 aromatic carbocycles. The first-order chi connectivity index (χ1) is 12.5. The number of allylic oxidation sites excluding steroid dienone is 2. The first-order valence-electron chi connectivity index (χ1n) is 11.1. The molecule has 0 aliphatic heterocycles. The Kier molecular flexibility index (Phi) is 17.0. The zero-order valence-electron chi connectivity index (χ0n) is 18.2. The average Bonchev–Trinajstić information content (AvgIpc) is 2.56. The average molecular weight is 369 g/mol. The number of nitrogens with zero attached hydrogens (tertiary/aromatic N) is 1. The summed E-state index contributed by atoms with van der Waals surface area (Å²) in [5.74, 6) is -0.0785. The van der Waals surface area contributed by atoms with Crippen LogP contribution < -0.4 is 0 Å². The monoisotopic (exact) mass is 368 g/mol. The van der Waals surface area contributed by atoms with Gasteiger partial charge in [-0.3, -0.25) is 0 Å². The van der Waals surface area contributed by atoms with Crippen LogP contribution in [0.3, 0.4) is 0 Å². The van der Waals surface area contributed by atoms with Crippen LogP contribution in [0.15, 0.2) is 12.2 Å². The zero-order chi connectivity index (χ0) is 19.5. The quantitative estimate of drug-likeness (QED) is 0.123. The van der Waals surface area contributed by atoms with Crippen molar-refractivity contribution in [3.63, 3.8) is 0 Å². The molecular formula is C23H46NO2+. The summed E-state index contributed by atoms with van der Waals surface area (Å²) in [6.07, 6.45) is 22.9. The van der Waals surface area contributed by atoms with Gasteiger partial charge in [-0.15, -0.1) is 0 Å². The van der Waals surface area contributed by atoms with E-state index in [1.54, 1.807) is 0 Å². The van der Waals surface area contributed by atoms with Crippen LogP contribution in [0.1, 0.15) is 96.8 Å². The van der Waals surface area contributed by atoms with Crippen molar-refractivity contribution in [2.24, 2.45) is 0 Å². The van der Waals surface area contributed by atoms with E-state index in [0.29, 0.717) is 17.6 Å². The maximum atomic E-state index is 11.6. The molecular weight excluding hydrogens is 322 g/mol. The molecule has 0 aliphatic carbocycles. The molecule has 0 rings (SSSR count). The molecule has 0 saturated carbocycles. The number of ether oxygens (including phenoxy) is 1. The van der Waals surface area contributed by atoms with E-state index < -0.39 is 0 Å². The Hall–Kier alpha value is -0.830. The first kappa shape index (κ1) is 25.2. The van der Waals surface area contributed by atoms with Crippen LogP contribution in [0.4, 0.5) is 0 Å². The van der Waals surface area contributed by atoms with Gasteiger partial charge in [0.25, 0.3) is 0 Å². The van der Waals surface area contributed by atoms with Crippen LogP contribution in [0, 0.1) is 0 Å². The van der Waals surface area contributed by atoms with Gasteiger partial charge in [0, 0.05) is 0 Å². The minimum atomic E-state index is -0.0785. The summed E-state index contributed by atoms with van der Waals surface area (Å²) < 4.78 is 5.90. The van der Waals surface area contributed by atoms with E-state index in [9.17, 15) is 4.79 Å². The predicted octanol–water partition coefficient (Wildman–Crippen LogP) is 6.27. The lowest BCUT2D eigenvalue weighted by Crippen LogP contribution is -2.40. The maximum Gasteiger partial charge on any atom is 0.361 e. The molecule has 0 heterocycles. The SMILES string of the molecule is CCCCCCCCC=CCCCCCCCCOC(=O)C[N+](C)(C)C. The second kappa shape index (κ2) is 17.6. The van der Waals surface area contributed by atoms with E-state index >= 15 is 0 Å². The van der Waals surface area contributed by atoms with Crippen LogP contribution in [-0.4, -0.2) is 44.7 Å². The van der Waals surface area contributed by atoms with Gasteiger partial charge in [-0.25, -0.2) is 4.79 Å². The largest absolute Gasteiger partial charge is 0.462 e. The van der Waals surface area contributed by atoms with Gasteiger partial charge in [-0.1, -0.05) is 76.9 Å². The van der Waals surface area contributed by atoms with Crippen molar-refractivity contribution < 1.29 is 14.0 Å². The lowest BCUT2D eigenvalue weighted by molar-refractivity contribution is -0.862. The zero-order valence-corrected chi connectivity index (χ0v) is 18.2. The van der Waals surface area contributed by atoms with Crippen molar-refractivity contribution in [2.75, 3.05) is 34.3 Å². The normalized spacial score (nSPS) is 12.0. The molecule has 3 heteroatoms. The minimum Gasteiger partial charge on any atom is -0.462 e. The topological polar surface area (TPSA) is 26.3 Å². The Labute approximate surface area is 163 Å². The number of carbonyl (C=O) groups is 1. The molecule has 0 aromatic heterocycles. The van der Waals surface area contributed by atoms with Gasteiger partial charge in [0.1, 0.15) is 0 Å². The molecule has 0 aliphatic rings. The summed E-state index contributed by atoms with van der Waals surface area (Å²) in [6, 6.07) is 0. The highest BCUT2D eigenvalue weighted by atomic mass is 16.5. The summed E-state index contributed by atoms with van der Waals surface area (Å²) in [7, 11) is 6.02. The van der Waals surface area contributed by atoms with Crippen LogP contribution in [0.25, 0.3) is 0 Å². The number of carbonyl (C=O) groups excluding carboxylic acids is 1. The summed E-state index contributed by atoms with van der Waals surface area (Å²) >= 11 is 0. The second-order valence-electron chi connectivity index (χ2n) is 8.61. The summed E-state index contributed by atoms with van der Waals surface area (Å²) in [4.78, 5) is 11.6. The lowest BCUT2D eigenvalue weighted by Gasteiger charge is -2.22. The molecule has 0 bridgehead atoms. The van der Waals surface area contributed by atoms with Crippen LogP contribution in [0.5, 0.6) is 0 Å². The van der Waals surface area contributed by atoms with Gasteiger partial charge in [-0.05, 0) is 32.1 Å². The summed E-state index contributed by atoms with van der Waals surface area (Å²) in [6.45, 7) is 3.31. The third-order valence-corrected chi connectivity index (χ3v) is 4.52.